The van der Waals surface area contributed by atoms with Gasteiger partial charge in [-0.05, 0) is 31.4 Å². The van der Waals surface area contributed by atoms with Gasteiger partial charge in [0.05, 0.1) is 24.4 Å². The van der Waals surface area contributed by atoms with E-state index >= 15 is 0 Å². The lowest BCUT2D eigenvalue weighted by Gasteiger charge is -2.45. The number of carbonyl (C=O) groups is 2. The van der Waals surface area contributed by atoms with Gasteiger partial charge in [0.2, 0.25) is 11.8 Å². The van der Waals surface area contributed by atoms with Gasteiger partial charge in [-0.25, -0.2) is 0 Å². The van der Waals surface area contributed by atoms with Crippen molar-refractivity contribution in [1.82, 2.24) is 24.9 Å². The van der Waals surface area contributed by atoms with Crippen molar-refractivity contribution in [2.75, 3.05) is 26.7 Å². The van der Waals surface area contributed by atoms with Crippen molar-refractivity contribution in [3.05, 3.63) is 24.0 Å². The second kappa shape index (κ2) is 8.01. The number of carbonyl (C=O) groups excluding carboxylic acids is 2. The molecule has 0 radical (unpaired) electrons. The normalized spacial score (nSPS) is 27.5. The van der Waals surface area contributed by atoms with Crippen LogP contribution < -0.4 is 5.32 Å². The quantitative estimate of drug-likeness (QED) is 0.713. The predicted octanol–water partition coefficient (Wildman–Crippen LogP) is -0.394. The Morgan fingerprint density at radius 3 is 2.96 bits per heavy atom. The van der Waals surface area contributed by atoms with E-state index in [4.69, 9.17) is 0 Å². The highest BCUT2D eigenvalue weighted by molar-refractivity contribution is 5.91. The molecule has 3 rings (SSSR count). The summed E-state index contributed by atoms with van der Waals surface area (Å²) in [7, 11) is 3.55. The topological polar surface area (TPSA) is 90.7 Å². The lowest BCUT2D eigenvalue weighted by molar-refractivity contribution is -0.135. The fourth-order valence-electron chi connectivity index (χ4n) is 3.88. The second-order valence-corrected chi connectivity index (χ2v) is 7.04. The Hall–Kier alpha value is -2.19. The minimum Gasteiger partial charge on any atom is -0.389 e. The molecular weight excluding hydrogens is 334 g/mol. The van der Waals surface area contributed by atoms with Crippen molar-refractivity contribution < 1.29 is 14.7 Å². The van der Waals surface area contributed by atoms with Gasteiger partial charge < -0.3 is 15.3 Å². The first-order valence-electron chi connectivity index (χ1n) is 9.09. The van der Waals surface area contributed by atoms with Crippen LogP contribution in [0.1, 0.15) is 25.0 Å². The third-order valence-electron chi connectivity index (χ3n) is 5.43. The maximum atomic E-state index is 12.5. The molecule has 1 saturated carbocycles. The van der Waals surface area contributed by atoms with Crippen LogP contribution in [0.4, 0.5) is 0 Å². The number of rotatable bonds is 4. The largest absolute Gasteiger partial charge is 0.389 e. The van der Waals surface area contributed by atoms with Crippen LogP contribution in [0.25, 0.3) is 6.08 Å². The molecule has 142 valence electrons. The molecule has 1 aliphatic heterocycles. The van der Waals surface area contributed by atoms with Crippen molar-refractivity contribution in [3.63, 3.8) is 0 Å². The van der Waals surface area contributed by atoms with E-state index < -0.39 is 6.10 Å². The van der Waals surface area contributed by atoms with Gasteiger partial charge in [-0.3, -0.25) is 19.2 Å². The Balaban J connectivity index is 1.65. The van der Waals surface area contributed by atoms with Crippen LogP contribution in [0.2, 0.25) is 0 Å². The van der Waals surface area contributed by atoms with Crippen molar-refractivity contribution >= 4 is 17.9 Å². The van der Waals surface area contributed by atoms with E-state index in [1.807, 2.05) is 18.0 Å². The van der Waals surface area contributed by atoms with Crippen LogP contribution in [-0.2, 0) is 16.6 Å². The molecule has 1 aromatic heterocycles. The number of nitrogens with zero attached hydrogens (tertiary/aromatic N) is 4. The lowest BCUT2D eigenvalue weighted by atomic mass is 9.86. The Morgan fingerprint density at radius 1 is 1.46 bits per heavy atom. The Bertz CT molecular complexity index is 686. The molecule has 0 bridgehead atoms. The molecule has 8 nitrogen and oxygen atoms in total. The maximum absolute atomic E-state index is 12.5. The summed E-state index contributed by atoms with van der Waals surface area (Å²) in [5, 5.41) is 17.8. The SMILES string of the molecule is CN(C(=O)/C=C/c1ccnn1C)[C@@H]1CCC[C@@H](N2CCNC(=O)C2)[C@@H]1O. The van der Waals surface area contributed by atoms with Gasteiger partial charge in [-0.15, -0.1) is 0 Å². The highest BCUT2D eigenvalue weighted by Gasteiger charge is 2.39. The summed E-state index contributed by atoms with van der Waals surface area (Å²) in [4.78, 5) is 27.9. The number of likely N-dealkylation sites (N-methyl/N-ethyl adjacent to an activating group) is 1. The summed E-state index contributed by atoms with van der Waals surface area (Å²) >= 11 is 0. The van der Waals surface area contributed by atoms with E-state index in [1.165, 1.54) is 6.08 Å². The molecule has 0 spiro atoms. The van der Waals surface area contributed by atoms with E-state index in [-0.39, 0.29) is 23.9 Å². The van der Waals surface area contributed by atoms with Gasteiger partial charge in [0.1, 0.15) is 0 Å². The van der Waals surface area contributed by atoms with E-state index in [0.717, 1.165) is 31.5 Å². The number of hydrogen-bond donors (Lipinski definition) is 2. The lowest BCUT2D eigenvalue weighted by Crippen LogP contribution is -2.60. The highest BCUT2D eigenvalue weighted by Crippen LogP contribution is 2.27. The summed E-state index contributed by atoms with van der Waals surface area (Å²) in [6.07, 6.45) is 6.80. The second-order valence-electron chi connectivity index (χ2n) is 7.04. The summed E-state index contributed by atoms with van der Waals surface area (Å²) < 4.78 is 1.69. The van der Waals surface area contributed by atoms with E-state index in [1.54, 1.807) is 28.9 Å². The number of hydrogen-bond acceptors (Lipinski definition) is 5. The predicted molar refractivity (Wildman–Crippen MR) is 97.0 cm³/mol. The molecular formula is C18H27N5O3. The van der Waals surface area contributed by atoms with Gasteiger partial charge in [-0.1, -0.05) is 0 Å². The van der Waals surface area contributed by atoms with Crippen LogP contribution in [0.5, 0.6) is 0 Å². The van der Waals surface area contributed by atoms with Gasteiger partial charge in [-0.2, -0.15) is 5.10 Å². The standard InChI is InChI=1S/C18H27N5O3/c1-21(17(25)7-6-13-8-9-20-22(13)2)14-4-3-5-15(18(14)26)23-11-10-19-16(24)12-23/h6-9,14-15,18,26H,3-5,10-12H2,1-2H3,(H,19,24)/b7-6+/t14-,15-,18-/m1/s1. The van der Waals surface area contributed by atoms with Gasteiger partial charge >= 0.3 is 0 Å². The summed E-state index contributed by atoms with van der Waals surface area (Å²) in [6, 6.07) is 1.50. The molecule has 1 aromatic rings. The Kier molecular flexibility index (Phi) is 5.73. The first-order chi connectivity index (χ1) is 12.5. The molecule has 8 heteroatoms. The summed E-state index contributed by atoms with van der Waals surface area (Å²) in [6.45, 7) is 1.65. The van der Waals surface area contributed by atoms with E-state index in [9.17, 15) is 14.7 Å². The molecule has 2 heterocycles. The molecule has 2 amide bonds. The highest BCUT2D eigenvalue weighted by atomic mass is 16.3. The Labute approximate surface area is 153 Å². The molecule has 2 aliphatic rings. The van der Waals surface area contributed by atoms with E-state index in [0.29, 0.717) is 13.1 Å². The average Bonchev–Trinajstić information content (AvgIpc) is 3.04. The van der Waals surface area contributed by atoms with Crippen molar-refractivity contribution in [3.8, 4) is 0 Å². The molecule has 0 aromatic carbocycles. The minimum absolute atomic E-state index is 0.00545. The third-order valence-corrected chi connectivity index (χ3v) is 5.43. The van der Waals surface area contributed by atoms with Crippen molar-refractivity contribution in [2.45, 2.75) is 37.5 Å². The maximum Gasteiger partial charge on any atom is 0.246 e. The molecule has 3 atom stereocenters. The fraction of sp³-hybridized carbons (Fsp3) is 0.611. The average molecular weight is 361 g/mol. The zero-order valence-corrected chi connectivity index (χ0v) is 15.3. The number of aliphatic hydroxyl groups is 1. The Morgan fingerprint density at radius 2 is 2.27 bits per heavy atom. The van der Waals surface area contributed by atoms with Crippen LogP contribution in [0, 0.1) is 0 Å². The van der Waals surface area contributed by atoms with Crippen LogP contribution in [0.15, 0.2) is 18.3 Å². The number of aliphatic hydroxyl groups excluding tert-OH is 1. The van der Waals surface area contributed by atoms with Crippen LogP contribution in [0.3, 0.4) is 0 Å². The first kappa shape index (κ1) is 18.6. The number of amides is 2. The zero-order valence-electron chi connectivity index (χ0n) is 15.3. The van der Waals surface area contributed by atoms with Gasteiger partial charge in [0.25, 0.3) is 0 Å². The van der Waals surface area contributed by atoms with Gasteiger partial charge in [0, 0.05) is 45.5 Å². The summed E-state index contributed by atoms with van der Waals surface area (Å²) in [5.41, 5.74) is 0.841. The third kappa shape index (κ3) is 3.96. The first-order valence-corrected chi connectivity index (χ1v) is 9.09. The van der Waals surface area contributed by atoms with Crippen molar-refractivity contribution in [2.24, 2.45) is 7.05 Å². The van der Waals surface area contributed by atoms with E-state index in [2.05, 4.69) is 10.4 Å². The molecule has 1 saturated heterocycles. The zero-order chi connectivity index (χ0) is 18.7. The number of nitrogens with one attached hydrogen (secondary N) is 1. The number of aromatic nitrogens is 2. The van der Waals surface area contributed by atoms with Gasteiger partial charge in [0.15, 0.2) is 0 Å². The molecule has 2 N–H and O–H groups in total. The number of aryl methyl sites for hydroxylation is 1. The van der Waals surface area contributed by atoms with Crippen molar-refractivity contribution in [1.29, 1.82) is 0 Å². The molecule has 1 aliphatic carbocycles. The molecule has 26 heavy (non-hydrogen) atoms. The van der Waals surface area contributed by atoms with Crippen LogP contribution >= 0.6 is 0 Å². The monoisotopic (exact) mass is 361 g/mol. The molecule has 0 unspecified atom stereocenters. The number of piperazine rings is 1. The van der Waals surface area contributed by atoms with Crippen LogP contribution in [-0.4, -0.2) is 81.4 Å². The smallest absolute Gasteiger partial charge is 0.246 e. The fourth-order valence-corrected chi connectivity index (χ4v) is 3.88. The minimum atomic E-state index is -0.659. The molecule has 2 fully saturated rings. The summed E-state index contributed by atoms with van der Waals surface area (Å²) in [5.74, 6) is -0.151.